The van der Waals surface area contributed by atoms with Crippen molar-refractivity contribution in [3.8, 4) is 0 Å². The molecule has 2 fully saturated rings. The summed E-state index contributed by atoms with van der Waals surface area (Å²) in [4.78, 5) is 26.4. The first-order valence-electron chi connectivity index (χ1n) is 7.45. The molecule has 2 unspecified atom stereocenters. The summed E-state index contributed by atoms with van der Waals surface area (Å²) in [7, 11) is 0. The molecule has 0 saturated carbocycles. The quantitative estimate of drug-likeness (QED) is 0.906. The van der Waals surface area contributed by atoms with Crippen LogP contribution in [-0.4, -0.2) is 43.0 Å². The van der Waals surface area contributed by atoms with Crippen molar-refractivity contribution in [2.24, 2.45) is 5.92 Å². The maximum absolute atomic E-state index is 12.7. The molecule has 0 spiro atoms. The predicted octanol–water partition coefficient (Wildman–Crippen LogP) is 1.11. The number of nitrogens with zero attached hydrogens (tertiary/aromatic N) is 1. The van der Waals surface area contributed by atoms with Gasteiger partial charge in [0.2, 0.25) is 11.8 Å². The van der Waals surface area contributed by atoms with Crippen LogP contribution in [0.15, 0.2) is 30.3 Å². The van der Waals surface area contributed by atoms with E-state index in [1.54, 1.807) is 0 Å². The molecule has 2 saturated heterocycles. The summed E-state index contributed by atoms with van der Waals surface area (Å²) < 4.78 is 5.38. The minimum Gasteiger partial charge on any atom is -0.381 e. The van der Waals surface area contributed by atoms with Gasteiger partial charge in [-0.2, -0.15) is 0 Å². The zero-order valence-corrected chi connectivity index (χ0v) is 12.0. The van der Waals surface area contributed by atoms with Gasteiger partial charge in [0.15, 0.2) is 0 Å². The molecular weight excluding hydrogens is 268 g/mol. The van der Waals surface area contributed by atoms with Gasteiger partial charge >= 0.3 is 0 Å². The van der Waals surface area contributed by atoms with Crippen LogP contribution in [0.1, 0.15) is 24.4 Å². The van der Waals surface area contributed by atoms with E-state index in [9.17, 15) is 9.59 Å². The van der Waals surface area contributed by atoms with Crippen LogP contribution < -0.4 is 5.32 Å². The second kappa shape index (κ2) is 6.26. The van der Waals surface area contributed by atoms with Gasteiger partial charge in [0.25, 0.3) is 0 Å². The standard InChI is InChI=1S/C16H20N2O3/c19-14-6-8-18(10-12-7-9-21-11-12)16(20)15(17-14)13-4-2-1-3-5-13/h1-5,12,15H,6-11H2,(H,17,19). The highest BCUT2D eigenvalue weighted by atomic mass is 16.5. The Balaban J connectivity index is 1.78. The van der Waals surface area contributed by atoms with Crippen LogP contribution in [0.2, 0.25) is 0 Å². The smallest absolute Gasteiger partial charge is 0.249 e. The number of amides is 2. The van der Waals surface area contributed by atoms with Crippen molar-refractivity contribution in [1.29, 1.82) is 0 Å². The maximum Gasteiger partial charge on any atom is 0.249 e. The van der Waals surface area contributed by atoms with Crippen molar-refractivity contribution in [3.63, 3.8) is 0 Å². The second-order valence-electron chi connectivity index (χ2n) is 5.68. The van der Waals surface area contributed by atoms with Gasteiger partial charge in [0.1, 0.15) is 6.04 Å². The van der Waals surface area contributed by atoms with Gasteiger partial charge in [0.05, 0.1) is 6.61 Å². The van der Waals surface area contributed by atoms with E-state index in [4.69, 9.17) is 4.74 Å². The summed E-state index contributed by atoms with van der Waals surface area (Å²) in [5.74, 6) is 0.305. The van der Waals surface area contributed by atoms with Crippen LogP contribution >= 0.6 is 0 Å². The molecule has 21 heavy (non-hydrogen) atoms. The molecule has 0 bridgehead atoms. The zero-order valence-electron chi connectivity index (χ0n) is 12.0. The van der Waals surface area contributed by atoms with Crippen molar-refractivity contribution in [2.75, 3.05) is 26.3 Å². The van der Waals surface area contributed by atoms with Crippen LogP contribution in [0.4, 0.5) is 0 Å². The zero-order chi connectivity index (χ0) is 14.7. The molecule has 112 valence electrons. The lowest BCUT2D eigenvalue weighted by molar-refractivity contribution is -0.134. The predicted molar refractivity (Wildman–Crippen MR) is 77.4 cm³/mol. The molecule has 2 heterocycles. The van der Waals surface area contributed by atoms with Crippen LogP contribution in [0.25, 0.3) is 0 Å². The van der Waals surface area contributed by atoms with Crippen molar-refractivity contribution < 1.29 is 14.3 Å². The SMILES string of the molecule is O=C1CCN(CC2CCOC2)C(=O)C(c2ccccc2)N1. The lowest BCUT2D eigenvalue weighted by Gasteiger charge is -2.26. The second-order valence-corrected chi connectivity index (χ2v) is 5.68. The first-order chi connectivity index (χ1) is 10.2. The van der Waals surface area contributed by atoms with Crippen molar-refractivity contribution in [1.82, 2.24) is 10.2 Å². The highest BCUT2D eigenvalue weighted by molar-refractivity contribution is 5.90. The monoisotopic (exact) mass is 288 g/mol. The highest BCUT2D eigenvalue weighted by Gasteiger charge is 2.32. The largest absolute Gasteiger partial charge is 0.381 e. The van der Waals surface area contributed by atoms with E-state index in [-0.39, 0.29) is 11.8 Å². The third-order valence-corrected chi connectivity index (χ3v) is 4.11. The fraction of sp³-hybridized carbons (Fsp3) is 0.500. The van der Waals surface area contributed by atoms with Crippen molar-refractivity contribution in [2.45, 2.75) is 18.9 Å². The van der Waals surface area contributed by atoms with Gasteiger partial charge in [0, 0.05) is 32.0 Å². The van der Waals surface area contributed by atoms with Crippen molar-refractivity contribution in [3.05, 3.63) is 35.9 Å². The first kappa shape index (κ1) is 14.1. The van der Waals surface area contributed by atoms with Gasteiger partial charge in [-0.25, -0.2) is 0 Å². The molecular formula is C16H20N2O3. The number of hydrogen-bond acceptors (Lipinski definition) is 3. The molecule has 0 radical (unpaired) electrons. The molecule has 0 aliphatic carbocycles. The normalized spacial score (nSPS) is 26.6. The molecule has 5 heteroatoms. The molecule has 5 nitrogen and oxygen atoms in total. The van der Waals surface area contributed by atoms with E-state index in [2.05, 4.69) is 5.32 Å². The Morgan fingerprint density at radius 1 is 1.24 bits per heavy atom. The van der Waals surface area contributed by atoms with Crippen molar-refractivity contribution >= 4 is 11.8 Å². The third kappa shape index (κ3) is 3.24. The Bertz CT molecular complexity index is 512. The third-order valence-electron chi connectivity index (χ3n) is 4.11. The van der Waals surface area contributed by atoms with Crippen LogP contribution in [0.5, 0.6) is 0 Å². The summed E-state index contributed by atoms with van der Waals surface area (Å²) >= 11 is 0. The number of rotatable bonds is 3. The van der Waals surface area contributed by atoms with Gasteiger partial charge in [-0.15, -0.1) is 0 Å². The summed E-state index contributed by atoms with van der Waals surface area (Å²) in [5.41, 5.74) is 0.838. The lowest BCUT2D eigenvalue weighted by Crippen LogP contribution is -2.40. The molecule has 3 rings (SSSR count). The minimum absolute atomic E-state index is 0.0149. The Hall–Kier alpha value is -1.88. The average molecular weight is 288 g/mol. The minimum atomic E-state index is -0.566. The first-order valence-corrected chi connectivity index (χ1v) is 7.45. The average Bonchev–Trinajstić information content (AvgIpc) is 2.97. The fourth-order valence-electron chi connectivity index (χ4n) is 2.92. The summed E-state index contributed by atoms with van der Waals surface area (Å²) in [6.45, 7) is 2.65. The number of hydrogen-bond donors (Lipinski definition) is 1. The Kier molecular flexibility index (Phi) is 4.20. The van der Waals surface area contributed by atoms with Gasteiger partial charge in [-0.1, -0.05) is 30.3 Å². The summed E-state index contributed by atoms with van der Waals surface area (Å²) in [6.07, 6.45) is 1.35. The summed E-state index contributed by atoms with van der Waals surface area (Å²) in [5, 5.41) is 2.84. The Morgan fingerprint density at radius 3 is 2.76 bits per heavy atom. The lowest BCUT2D eigenvalue weighted by atomic mass is 10.0. The van der Waals surface area contributed by atoms with Crippen LogP contribution in [-0.2, 0) is 14.3 Å². The number of carbonyl (C=O) groups excluding carboxylic acids is 2. The maximum atomic E-state index is 12.7. The van der Waals surface area contributed by atoms with Gasteiger partial charge < -0.3 is 15.0 Å². The number of benzene rings is 1. The van der Waals surface area contributed by atoms with E-state index in [1.807, 2.05) is 35.2 Å². The van der Waals surface area contributed by atoms with E-state index >= 15 is 0 Å². The molecule has 2 amide bonds. The molecule has 1 aromatic rings. The summed E-state index contributed by atoms with van der Waals surface area (Å²) in [6, 6.07) is 8.86. The van der Waals surface area contributed by atoms with Crippen LogP contribution in [0.3, 0.4) is 0 Å². The molecule has 0 aromatic heterocycles. The van der Waals surface area contributed by atoms with E-state index in [0.717, 1.165) is 18.6 Å². The van der Waals surface area contributed by atoms with E-state index in [1.165, 1.54) is 0 Å². The molecule has 1 N–H and O–H groups in total. The topological polar surface area (TPSA) is 58.6 Å². The highest BCUT2D eigenvalue weighted by Crippen LogP contribution is 2.21. The van der Waals surface area contributed by atoms with Gasteiger partial charge in [-0.3, -0.25) is 9.59 Å². The fourth-order valence-corrected chi connectivity index (χ4v) is 2.92. The Labute approximate surface area is 124 Å². The molecule has 2 atom stereocenters. The van der Waals surface area contributed by atoms with E-state index in [0.29, 0.717) is 32.0 Å². The molecule has 2 aliphatic heterocycles. The van der Waals surface area contributed by atoms with Gasteiger partial charge in [-0.05, 0) is 12.0 Å². The molecule has 1 aromatic carbocycles. The molecule has 2 aliphatic rings. The number of nitrogens with one attached hydrogen (secondary N) is 1. The van der Waals surface area contributed by atoms with E-state index < -0.39 is 6.04 Å². The van der Waals surface area contributed by atoms with Crippen LogP contribution in [0, 0.1) is 5.92 Å². The number of carbonyl (C=O) groups is 2. The number of ether oxygens (including phenoxy) is 1. The Morgan fingerprint density at radius 2 is 2.05 bits per heavy atom.